The van der Waals surface area contributed by atoms with Crippen LogP contribution in [0.25, 0.3) is 33.8 Å². The molecule has 0 aliphatic rings. The van der Waals surface area contributed by atoms with Gasteiger partial charge in [-0.1, -0.05) is 151 Å². The first-order valence-corrected chi connectivity index (χ1v) is 25.8. The third-order valence-electron chi connectivity index (χ3n) is 12.0. The highest BCUT2D eigenvalue weighted by atomic mass is 79.9. The minimum Gasteiger partial charge on any atom is -0.399 e. The Balaban J connectivity index is 0.000000232. The van der Waals surface area contributed by atoms with Crippen LogP contribution >= 0.6 is 31.9 Å². The number of nitrogens with one attached hydrogen (secondary N) is 2. The molecule has 8 rings (SSSR count). The number of anilines is 5. The fraction of sp³-hybridized carbons (Fsp3) is 0.274. The van der Waals surface area contributed by atoms with Crippen LogP contribution < -0.4 is 16.4 Å². The summed E-state index contributed by atoms with van der Waals surface area (Å²) >= 11 is 6.95. The number of benzene rings is 5. The number of aromatic nitrogens is 3. The van der Waals surface area contributed by atoms with E-state index < -0.39 is 0 Å². The lowest BCUT2D eigenvalue weighted by molar-refractivity contribution is 0.589. The number of pyridine rings is 3. The van der Waals surface area contributed by atoms with Crippen LogP contribution in [-0.2, 0) is 10.8 Å². The molecular weight excluding hydrogens is 989 g/mol. The van der Waals surface area contributed by atoms with Gasteiger partial charge in [-0.2, -0.15) is 0 Å². The Morgan fingerprint density at radius 1 is 0.386 bits per heavy atom. The molecule has 8 heteroatoms. The second-order valence-electron chi connectivity index (χ2n) is 20.9. The number of hydrogen-bond donors (Lipinski definition) is 3. The van der Waals surface area contributed by atoms with E-state index in [1.165, 1.54) is 27.8 Å². The van der Waals surface area contributed by atoms with Gasteiger partial charge < -0.3 is 16.4 Å². The van der Waals surface area contributed by atoms with Crippen molar-refractivity contribution in [2.24, 2.45) is 0 Å². The highest BCUT2D eigenvalue weighted by Gasteiger charge is 2.17. The minimum atomic E-state index is 0.00202. The summed E-state index contributed by atoms with van der Waals surface area (Å²) in [4.78, 5) is 13.6. The van der Waals surface area contributed by atoms with Gasteiger partial charge in [0.15, 0.2) is 0 Å². The summed E-state index contributed by atoms with van der Waals surface area (Å²) in [5, 5.41) is 7.25. The van der Waals surface area contributed by atoms with Crippen molar-refractivity contribution in [2.45, 2.75) is 112 Å². The lowest BCUT2D eigenvalue weighted by atomic mass is 9.86. The van der Waals surface area contributed by atoms with Gasteiger partial charge in [0.2, 0.25) is 0 Å². The molecule has 0 fully saturated rings. The average molecular weight is 1060 g/mol. The van der Waals surface area contributed by atoms with Gasteiger partial charge in [0.1, 0.15) is 0 Å². The zero-order chi connectivity index (χ0) is 50.8. The first kappa shape index (κ1) is 53.3. The van der Waals surface area contributed by atoms with E-state index in [4.69, 9.17) is 5.73 Å². The van der Waals surface area contributed by atoms with Crippen molar-refractivity contribution in [3.63, 3.8) is 0 Å². The minimum absolute atomic E-state index is 0.00202. The van der Waals surface area contributed by atoms with Crippen LogP contribution in [-0.4, -0.2) is 15.0 Å². The second-order valence-corrected chi connectivity index (χ2v) is 22.7. The lowest BCUT2D eigenvalue weighted by Crippen LogP contribution is -2.12. The van der Waals surface area contributed by atoms with E-state index >= 15 is 0 Å². The molecule has 3 heterocycles. The maximum absolute atomic E-state index is 5.66. The quantitative estimate of drug-likeness (QED) is 0.118. The summed E-state index contributed by atoms with van der Waals surface area (Å²) in [7, 11) is 0. The number of nitrogens with two attached hydrogens (primary N) is 1. The van der Waals surface area contributed by atoms with Crippen LogP contribution in [0.2, 0.25) is 0 Å². The zero-order valence-electron chi connectivity index (χ0n) is 43.0. The topological polar surface area (TPSA) is 88.8 Å². The van der Waals surface area contributed by atoms with Gasteiger partial charge in [0.05, 0.1) is 17.1 Å². The molecule has 8 aromatic rings. The largest absolute Gasteiger partial charge is 0.399 e. The molecule has 0 bridgehead atoms. The summed E-state index contributed by atoms with van der Waals surface area (Å²) in [6.07, 6.45) is 5.66. The molecule has 0 aliphatic heterocycles. The monoisotopic (exact) mass is 1060 g/mol. The summed E-state index contributed by atoms with van der Waals surface area (Å²) in [5.41, 5.74) is 23.7. The van der Waals surface area contributed by atoms with Crippen molar-refractivity contribution < 1.29 is 0 Å². The molecule has 70 heavy (non-hydrogen) atoms. The Labute approximate surface area is 435 Å². The summed E-state index contributed by atoms with van der Waals surface area (Å²) in [6.45, 7) is 26.6. The number of rotatable bonds is 10. The van der Waals surface area contributed by atoms with Crippen LogP contribution in [0.1, 0.15) is 129 Å². The van der Waals surface area contributed by atoms with Gasteiger partial charge in [0, 0.05) is 72.7 Å². The summed E-state index contributed by atoms with van der Waals surface area (Å²) in [6, 6.07) is 50.6. The maximum atomic E-state index is 5.66. The van der Waals surface area contributed by atoms with Crippen LogP contribution in [0, 0.1) is 0 Å². The van der Waals surface area contributed by atoms with Crippen molar-refractivity contribution >= 4 is 60.3 Å². The molecule has 6 nitrogen and oxygen atoms in total. The Kier molecular flexibility index (Phi) is 18.0. The van der Waals surface area contributed by atoms with Crippen LogP contribution in [0.4, 0.5) is 28.4 Å². The van der Waals surface area contributed by atoms with Gasteiger partial charge >= 0.3 is 0 Å². The van der Waals surface area contributed by atoms with E-state index in [-0.39, 0.29) is 10.8 Å². The summed E-state index contributed by atoms with van der Waals surface area (Å²) in [5.74, 6) is 1.47. The van der Waals surface area contributed by atoms with Gasteiger partial charge in [0.25, 0.3) is 0 Å². The summed E-state index contributed by atoms with van der Waals surface area (Å²) < 4.78 is 2.25. The Hall–Kier alpha value is -6.09. The van der Waals surface area contributed by atoms with Crippen molar-refractivity contribution in [1.82, 2.24) is 15.0 Å². The van der Waals surface area contributed by atoms with Crippen LogP contribution in [0.15, 0.2) is 173 Å². The molecule has 0 radical (unpaired) electrons. The molecule has 362 valence electrons. The van der Waals surface area contributed by atoms with E-state index in [0.29, 0.717) is 17.8 Å². The van der Waals surface area contributed by atoms with Gasteiger partial charge in [-0.25, -0.2) is 0 Å². The molecule has 0 spiro atoms. The smallest absolute Gasteiger partial charge is 0.0704 e. The Bertz CT molecular complexity index is 2810. The third kappa shape index (κ3) is 15.5. The SMILES string of the molecule is CC(C)(C)c1cc(Br)cc(Br)c1.CC(C)c1ccnc(-c2ccc(N)cc2)c1.CC(C)c1ccnc(-c2ccc(Nc3cc(Nc4ccc(-c5cc(C(C)C)ccn5)cc4)cc(C(C)(C)C)c3)cc2)c1. The Morgan fingerprint density at radius 2 is 0.700 bits per heavy atom. The number of nitrogen functional groups attached to an aromatic ring is 1. The van der Waals surface area contributed by atoms with Crippen LogP contribution in [0.5, 0.6) is 0 Å². The van der Waals surface area contributed by atoms with E-state index in [1.807, 2.05) is 42.9 Å². The lowest BCUT2D eigenvalue weighted by Gasteiger charge is -2.22. The first-order valence-electron chi connectivity index (χ1n) is 24.2. The molecular formula is C62H70Br2N6. The second kappa shape index (κ2) is 23.7. The van der Waals surface area contributed by atoms with Crippen molar-refractivity contribution in [2.75, 3.05) is 16.4 Å². The fourth-order valence-corrected chi connectivity index (χ4v) is 8.81. The highest BCUT2D eigenvalue weighted by molar-refractivity contribution is 9.11. The molecule has 0 atom stereocenters. The third-order valence-corrected chi connectivity index (χ3v) is 12.9. The van der Waals surface area contributed by atoms with Crippen molar-refractivity contribution in [1.29, 1.82) is 0 Å². The van der Waals surface area contributed by atoms with Crippen LogP contribution in [0.3, 0.4) is 0 Å². The van der Waals surface area contributed by atoms with E-state index in [9.17, 15) is 0 Å². The Morgan fingerprint density at radius 3 is 1.01 bits per heavy atom. The molecule has 0 unspecified atom stereocenters. The van der Waals surface area contributed by atoms with Gasteiger partial charge in [-0.15, -0.1) is 0 Å². The average Bonchev–Trinajstić information content (AvgIpc) is 3.32. The molecule has 0 aliphatic carbocycles. The maximum Gasteiger partial charge on any atom is 0.0704 e. The van der Waals surface area contributed by atoms with Crippen molar-refractivity contribution in [3.05, 3.63) is 201 Å². The molecule has 5 aromatic carbocycles. The number of nitrogens with zero attached hydrogens (tertiary/aromatic N) is 3. The van der Waals surface area contributed by atoms with E-state index in [2.05, 4.69) is 262 Å². The van der Waals surface area contributed by atoms with E-state index in [0.717, 1.165) is 71.2 Å². The fourth-order valence-electron chi connectivity index (χ4n) is 7.52. The molecule has 3 aromatic heterocycles. The molecule has 0 saturated carbocycles. The predicted molar refractivity (Wildman–Crippen MR) is 308 cm³/mol. The zero-order valence-corrected chi connectivity index (χ0v) is 46.2. The van der Waals surface area contributed by atoms with Gasteiger partial charge in [-0.05, 0) is 166 Å². The first-order chi connectivity index (χ1) is 33.1. The highest BCUT2D eigenvalue weighted by Crippen LogP contribution is 2.34. The van der Waals surface area contributed by atoms with E-state index in [1.54, 1.807) is 0 Å². The molecule has 4 N–H and O–H groups in total. The molecule has 0 amide bonds. The predicted octanol–water partition coefficient (Wildman–Crippen LogP) is 18.8. The number of halogens is 2. The number of hydrogen-bond acceptors (Lipinski definition) is 6. The normalized spacial score (nSPS) is 11.4. The van der Waals surface area contributed by atoms with Gasteiger partial charge in [-0.3, -0.25) is 15.0 Å². The standard InChI is InChI=1S/C38H42N4.C14H16N2.C10H12Br2/c1-25(2)29-16-18-39-36(20-29)27-8-12-32(13-9-27)41-34-22-31(38(5,6)7)23-35(24-34)42-33-14-10-28(11-15-33)37-21-30(26(3)4)17-19-40-37;1-10(2)12-7-8-16-14(9-12)11-3-5-13(15)6-4-11;1-10(2,3)7-4-8(11)6-9(12)5-7/h8-26,41-42H,1-7H3;3-10H,15H2,1-2H3;4-6H,1-3H3. The molecule has 0 saturated heterocycles. The van der Waals surface area contributed by atoms with Crippen molar-refractivity contribution in [3.8, 4) is 33.8 Å².